The predicted octanol–water partition coefficient (Wildman–Crippen LogP) is 2.59. The SMILES string of the molecule is CCC1=CC(C)=NC2=C(CC)C(C)NN12. The Morgan fingerprint density at radius 3 is 2.73 bits per heavy atom. The molecule has 0 saturated carbocycles. The first-order chi connectivity index (χ1) is 7.17. The van der Waals surface area contributed by atoms with Gasteiger partial charge >= 0.3 is 0 Å². The third kappa shape index (κ3) is 1.61. The molecule has 0 spiro atoms. The highest BCUT2D eigenvalue weighted by Gasteiger charge is 2.30. The van der Waals surface area contributed by atoms with Crippen molar-refractivity contribution in [3.8, 4) is 0 Å². The summed E-state index contributed by atoms with van der Waals surface area (Å²) in [5.74, 6) is 1.13. The van der Waals surface area contributed by atoms with E-state index < -0.39 is 0 Å². The standard InChI is InChI=1S/C12H19N3/c1-5-10-7-8(3)13-12-11(6-2)9(4)14-15(10)12/h7,9,14H,5-6H2,1-4H3. The van der Waals surface area contributed by atoms with Crippen LogP contribution in [0.1, 0.15) is 40.5 Å². The van der Waals surface area contributed by atoms with Crippen LogP contribution in [0, 0.1) is 0 Å². The van der Waals surface area contributed by atoms with E-state index in [2.05, 4.69) is 49.2 Å². The molecule has 0 fully saturated rings. The molecule has 0 saturated heterocycles. The van der Waals surface area contributed by atoms with Crippen LogP contribution in [0.2, 0.25) is 0 Å². The summed E-state index contributed by atoms with van der Waals surface area (Å²) in [6, 6.07) is 0.412. The molecular weight excluding hydrogens is 186 g/mol. The third-order valence-corrected chi connectivity index (χ3v) is 3.03. The lowest BCUT2D eigenvalue weighted by molar-refractivity contribution is 0.311. The molecule has 0 amide bonds. The van der Waals surface area contributed by atoms with Crippen LogP contribution in [-0.4, -0.2) is 16.8 Å². The van der Waals surface area contributed by atoms with Gasteiger partial charge in [0.25, 0.3) is 0 Å². The zero-order chi connectivity index (χ0) is 11.0. The summed E-state index contributed by atoms with van der Waals surface area (Å²) in [4.78, 5) is 4.63. The lowest BCUT2D eigenvalue weighted by atomic mass is 10.1. The quantitative estimate of drug-likeness (QED) is 0.750. The zero-order valence-electron chi connectivity index (χ0n) is 9.96. The maximum absolute atomic E-state index is 4.63. The number of fused-ring (bicyclic) bond motifs is 1. The molecule has 1 N–H and O–H groups in total. The second-order valence-corrected chi connectivity index (χ2v) is 4.13. The molecule has 2 heterocycles. The minimum atomic E-state index is 0.412. The predicted molar refractivity (Wildman–Crippen MR) is 63.2 cm³/mol. The van der Waals surface area contributed by atoms with E-state index in [9.17, 15) is 0 Å². The lowest BCUT2D eigenvalue weighted by Gasteiger charge is -2.26. The number of allylic oxidation sites excluding steroid dienone is 2. The van der Waals surface area contributed by atoms with Gasteiger partial charge in [0.15, 0.2) is 0 Å². The minimum absolute atomic E-state index is 0.412. The molecule has 0 radical (unpaired) electrons. The van der Waals surface area contributed by atoms with Crippen molar-refractivity contribution in [1.82, 2.24) is 10.4 Å². The Morgan fingerprint density at radius 2 is 2.13 bits per heavy atom. The summed E-state index contributed by atoms with van der Waals surface area (Å²) >= 11 is 0. The molecule has 2 aliphatic rings. The fourth-order valence-electron chi connectivity index (χ4n) is 2.24. The van der Waals surface area contributed by atoms with Gasteiger partial charge in [-0.2, -0.15) is 0 Å². The van der Waals surface area contributed by atoms with Gasteiger partial charge in [0, 0.05) is 17.5 Å². The number of rotatable bonds is 2. The van der Waals surface area contributed by atoms with Crippen molar-refractivity contribution in [2.45, 2.75) is 46.6 Å². The molecule has 3 nitrogen and oxygen atoms in total. The van der Waals surface area contributed by atoms with Crippen molar-refractivity contribution in [1.29, 1.82) is 0 Å². The Bertz CT molecular complexity index is 363. The van der Waals surface area contributed by atoms with Crippen LogP contribution in [-0.2, 0) is 0 Å². The van der Waals surface area contributed by atoms with Gasteiger partial charge in [-0.25, -0.2) is 10.4 Å². The summed E-state index contributed by atoms with van der Waals surface area (Å²) in [5, 5.41) is 2.15. The van der Waals surface area contributed by atoms with Crippen LogP contribution in [0.4, 0.5) is 0 Å². The number of nitrogens with zero attached hydrogens (tertiary/aromatic N) is 2. The van der Waals surface area contributed by atoms with Crippen molar-refractivity contribution < 1.29 is 0 Å². The van der Waals surface area contributed by atoms with Crippen molar-refractivity contribution >= 4 is 5.71 Å². The monoisotopic (exact) mass is 205 g/mol. The zero-order valence-corrected chi connectivity index (χ0v) is 9.96. The average molecular weight is 205 g/mol. The van der Waals surface area contributed by atoms with E-state index in [0.717, 1.165) is 24.4 Å². The Balaban J connectivity index is 2.44. The van der Waals surface area contributed by atoms with Gasteiger partial charge in [-0.05, 0) is 38.3 Å². The molecule has 2 rings (SSSR count). The first kappa shape index (κ1) is 10.4. The highest BCUT2D eigenvalue weighted by Crippen LogP contribution is 2.31. The van der Waals surface area contributed by atoms with Crippen molar-refractivity contribution in [3.63, 3.8) is 0 Å². The molecule has 0 aliphatic carbocycles. The van der Waals surface area contributed by atoms with E-state index in [-0.39, 0.29) is 0 Å². The first-order valence-electron chi connectivity index (χ1n) is 5.72. The maximum atomic E-state index is 4.63. The average Bonchev–Trinajstić information content (AvgIpc) is 2.52. The topological polar surface area (TPSA) is 27.6 Å². The van der Waals surface area contributed by atoms with E-state index in [1.807, 2.05) is 0 Å². The highest BCUT2D eigenvalue weighted by molar-refractivity contribution is 5.95. The van der Waals surface area contributed by atoms with E-state index in [4.69, 9.17) is 0 Å². The molecule has 3 heteroatoms. The van der Waals surface area contributed by atoms with Gasteiger partial charge in [0.05, 0.1) is 0 Å². The molecule has 15 heavy (non-hydrogen) atoms. The molecular formula is C12H19N3. The Labute approximate surface area is 91.5 Å². The van der Waals surface area contributed by atoms with Gasteiger partial charge in [0.2, 0.25) is 0 Å². The van der Waals surface area contributed by atoms with E-state index in [1.165, 1.54) is 11.3 Å². The van der Waals surface area contributed by atoms with Crippen LogP contribution in [0.3, 0.4) is 0 Å². The van der Waals surface area contributed by atoms with Crippen molar-refractivity contribution in [3.05, 3.63) is 23.2 Å². The summed E-state index contributed by atoms with van der Waals surface area (Å²) in [7, 11) is 0. The lowest BCUT2D eigenvalue weighted by Crippen LogP contribution is -2.36. The van der Waals surface area contributed by atoms with E-state index in [1.54, 1.807) is 0 Å². The second kappa shape index (κ2) is 3.81. The number of hydrogen-bond acceptors (Lipinski definition) is 3. The Morgan fingerprint density at radius 1 is 1.40 bits per heavy atom. The maximum Gasteiger partial charge on any atom is 0.148 e. The van der Waals surface area contributed by atoms with Crippen LogP contribution in [0.5, 0.6) is 0 Å². The van der Waals surface area contributed by atoms with Gasteiger partial charge in [-0.3, -0.25) is 5.01 Å². The fraction of sp³-hybridized carbons (Fsp3) is 0.583. The summed E-state index contributed by atoms with van der Waals surface area (Å²) in [5.41, 5.74) is 7.30. The number of hydrogen-bond donors (Lipinski definition) is 1. The molecule has 1 unspecified atom stereocenters. The second-order valence-electron chi connectivity index (χ2n) is 4.13. The number of aliphatic imine (C=N–C) groups is 1. The van der Waals surface area contributed by atoms with Crippen LogP contribution in [0.25, 0.3) is 0 Å². The molecule has 82 valence electrons. The Kier molecular flexibility index (Phi) is 2.65. The number of hydrazine groups is 1. The summed E-state index contributed by atoms with van der Waals surface area (Å²) in [6.07, 6.45) is 4.25. The molecule has 0 aromatic carbocycles. The van der Waals surface area contributed by atoms with Crippen LogP contribution < -0.4 is 5.43 Å². The van der Waals surface area contributed by atoms with Crippen LogP contribution in [0.15, 0.2) is 28.2 Å². The normalized spacial score (nSPS) is 25.3. The first-order valence-corrected chi connectivity index (χ1v) is 5.72. The van der Waals surface area contributed by atoms with E-state index >= 15 is 0 Å². The number of nitrogens with one attached hydrogen (secondary N) is 1. The van der Waals surface area contributed by atoms with E-state index in [0.29, 0.717) is 6.04 Å². The molecule has 0 aromatic heterocycles. The fourth-order valence-corrected chi connectivity index (χ4v) is 2.24. The van der Waals surface area contributed by atoms with Gasteiger partial charge in [0.1, 0.15) is 5.82 Å². The summed E-state index contributed by atoms with van der Waals surface area (Å²) < 4.78 is 0. The molecule has 2 aliphatic heterocycles. The molecule has 0 aromatic rings. The smallest absolute Gasteiger partial charge is 0.148 e. The van der Waals surface area contributed by atoms with Gasteiger partial charge in [-0.15, -0.1) is 0 Å². The van der Waals surface area contributed by atoms with Crippen LogP contribution >= 0.6 is 0 Å². The van der Waals surface area contributed by atoms with Crippen molar-refractivity contribution in [2.75, 3.05) is 0 Å². The molecule has 0 bridgehead atoms. The largest absolute Gasteiger partial charge is 0.263 e. The van der Waals surface area contributed by atoms with Gasteiger partial charge < -0.3 is 0 Å². The minimum Gasteiger partial charge on any atom is -0.263 e. The van der Waals surface area contributed by atoms with Crippen molar-refractivity contribution in [2.24, 2.45) is 4.99 Å². The molecule has 1 atom stereocenters. The summed E-state index contributed by atoms with van der Waals surface area (Å²) in [6.45, 7) is 8.63. The highest BCUT2D eigenvalue weighted by atomic mass is 15.6. The third-order valence-electron chi connectivity index (χ3n) is 3.03. The van der Waals surface area contributed by atoms with Gasteiger partial charge in [-0.1, -0.05) is 13.8 Å². The Hall–Kier alpha value is -1.09.